The van der Waals surface area contributed by atoms with Crippen molar-refractivity contribution >= 4 is 22.8 Å². The number of H-pyrrole nitrogens is 1. The number of amides is 1. The number of unbranched alkanes of at least 4 members (excludes halogenated alkanes) is 1. The summed E-state index contributed by atoms with van der Waals surface area (Å²) in [4.78, 5) is 47.2. The van der Waals surface area contributed by atoms with Crippen molar-refractivity contribution in [2.45, 2.75) is 72.9 Å². The molecule has 0 aliphatic carbocycles. The quantitative estimate of drug-likeness (QED) is 0.333. The van der Waals surface area contributed by atoms with Crippen LogP contribution in [0.3, 0.4) is 0 Å². The summed E-state index contributed by atoms with van der Waals surface area (Å²) in [5, 5.41) is 3.01. The number of carbonyl (C=O) groups is 1. The zero-order chi connectivity index (χ0) is 26.1. The molecule has 1 aromatic carbocycles. The van der Waals surface area contributed by atoms with E-state index in [4.69, 9.17) is 4.98 Å². The first-order valence-electron chi connectivity index (χ1n) is 13.1. The first-order chi connectivity index (χ1) is 17.3. The molecule has 0 fully saturated rings. The second kappa shape index (κ2) is 13.1. The first-order valence-corrected chi connectivity index (χ1v) is 13.1. The van der Waals surface area contributed by atoms with Gasteiger partial charge in [0.25, 0.3) is 5.56 Å². The van der Waals surface area contributed by atoms with E-state index >= 15 is 0 Å². The predicted molar refractivity (Wildman–Crippen MR) is 145 cm³/mol. The highest BCUT2D eigenvalue weighted by Gasteiger charge is 2.19. The Morgan fingerprint density at radius 1 is 1.11 bits per heavy atom. The van der Waals surface area contributed by atoms with Gasteiger partial charge in [-0.2, -0.15) is 0 Å². The third-order valence-electron chi connectivity index (χ3n) is 6.25. The summed E-state index contributed by atoms with van der Waals surface area (Å²) in [6.45, 7) is 11.8. The molecule has 2 heterocycles. The van der Waals surface area contributed by atoms with E-state index in [1.807, 2.05) is 22.8 Å². The van der Waals surface area contributed by atoms with E-state index in [0.29, 0.717) is 43.0 Å². The average molecular weight is 497 g/mol. The van der Waals surface area contributed by atoms with Gasteiger partial charge in [-0.3, -0.25) is 19.1 Å². The third kappa shape index (κ3) is 6.86. The largest absolute Gasteiger partial charge is 0.372 e. The van der Waals surface area contributed by atoms with Crippen LogP contribution >= 0.6 is 0 Å². The molecule has 3 rings (SSSR count). The molecule has 0 aliphatic rings. The van der Waals surface area contributed by atoms with Gasteiger partial charge in [-0.25, -0.2) is 9.78 Å². The molecule has 9 nitrogen and oxygen atoms in total. The number of aromatic nitrogens is 4. The van der Waals surface area contributed by atoms with Crippen LogP contribution in [0, 0.1) is 5.92 Å². The van der Waals surface area contributed by atoms with Crippen LogP contribution in [0.2, 0.25) is 0 Å². The molecule has 2 aromatic heterocycles. The first kappa shape index (κ1) is 27.2. The molecular formula is C27H40N6O3. The highest BCUT2D eigenvalue weighted by atomic mass is 16.2. The second-order valence-corrected chi connectivity index (χ2v) is 9.59. The van der Waals surface area contributed by atoms with Crippen LogP contribution in [0.15, 0.2) is 39.9 Å². The number of fused-ring (bicyclic) bond motifs is 1. The number of hydrogen-bond acceptors (Lipinski definition) is 5. The number of nitrogens with one attached hydrogen (secondary N) is 2. The van der Waals surface area contributed by atoms with Gasteiger partial charge in [-0.05, 0) is 37.8 Å². The van der Waals surface area contributed by atoms with Crippen molar-refractivity contribution in [1.82, 2.24) is 24.4 Å². The van der Waals surface area contributed by atoms with Gasteiger partial charge in [0.05, 0.1) is 0 Å². The molecule has 2 N–H and O–H groups in total. The minimum absolute atomic E-state index is 0.0433. The Balaban J connectivity index is 1.66. The summed E-state index contributed by atoms with van der Waals surface area (Å²) in [6, 6.07) is 10.3. The topological polar surface area (TPSA) is 105 Å². The number of hydrogen-bond donors (Lipinski definition) is 2. The van der Waals surface area contributed by atoms with Crippen molar-refractivity contribution in [3.63, 3.8) is 0 Å². The number of anilines is 1. The Morgan fingerprint density at radius 2 is 1.86 bits per heavy atom. The molecule has 36 heavy (non-hydrogen) atoms. The van der Waals surface area contributed by atoms with Gasteiger partial charge in [-0.1, -0.05) is 45.4 Å². The van der Waals surface area contributed by atoms with Crippen molar-refractivity contribution in [2.24, 2.45) is 5.92 Å². The molecule has 0 saturated heterocycles. The van der Waals surface area contributed by atoms with Crippen LogP contribution < -0.4 is 21.5 Å². The zero-order valence-corrected chi connectivity index (χ0v) is 22.0. The van der Waals surface area contributed by atoms with Crippen LogP contribution in [-0.4, -0.2) is 44.6 Å². The molecule has 196 valence electrons. The molecule has 0 atom stereocenters. The van der Waals surface area contributed by atoms with Crippen molar-refractivity contribution < 1.29 is 4.79 Å². The van der Waals surface area contributed by atoms with Gasteiger partial charge >= 0.3 is 5.69 Å². The van der Waals surface area contributed by atoms with Crippen molar-refractivity contribution in [1.29, 1.82) is 0 Å². The van der Waals surface area contributed by atoms with E-state index in [0.717, 1.165) is 32.4 Å². The lowest BCUT2D eigenvalue weighted by atomic mass is 10.2. The van der Waals surface area contributed by atoms with Crippen molar-refractivity contribution in [3.05, 3.63) is 57.0 Å². The third-order valence-corrected chi connectivity index (χ3v) is 6.25. The Kier molecular flexibility index (Phi) is 9.90. The number of aromatic amines is 1. The normalized spacial score (nSPS) is 11.4. The molecule has 0 unspecified atom stereocenters. The van der Waals surface area contributed by atoms with E-state index in [1.54, 1.807) is 4.57 Å². The van der Waals surface area contributed by atoms with Gasteiger partial charge in [0, 0.05) is 51.3 Å². The smallest absolute Gasteiger partial charge is 0.330 e. The summed E-state index contributed by atoms with van der Waals surface area (Å²) >= 11 is 0. The Labute approximate surface area is 212 Å². The Hall–Kier alpha value is -3.36. The number of imidazole rings is 1. The van der Waals surface area contributed by atoms with E-state index < -0.39 is 11.2 Å². The minimum atomic E-state index is -0.434. The highest BCUT2D eigenvalue weighted by Crippen LogP contribution is 2.16. The van der Waals surface area contributed by atoms with E-state index in [-0.39, 0.29) is 18.2 Å². The molecule has 0 radical (unpaired) electrons. The SMILES string of the molecule is CCCCn1c(=O)[nH]c(=O)c2c1nc(CCC(=O)NCCCN(CC)c1ccccc1)n2CC(C)C. The Morgan fingerprint density at radius 3 is 2.53 bits per heavy atom. The zero-order valence-electron chi connectivity index (χ0n) is 22.0. The molecule has 0 bridgehead atoms. The maximum absolute atomic E-state index is 12.7. The highest BCUT2D eigenvalue weighted by molar-refractivity contribution is 5.76. The molecule has 0 spiro atoms. The number of aryl methyl sites for hydroxylation is 2. The summed E-state index contributed by atoms with van der Waals surface area (Å²) in [5.41, 5.74) is 1.15. The van der Waals surface area contributed by atoms with Gasteiger partial charge in [0.15, 0.2) is 11.2 Å². The van der Waals surface area contributed by atoms with Gasteiger partial charge < -0.3 is 14.8 Å². The van der Waals surface area contributed by atoms with Crippen LogP contribution in [-0.2, 0) is 24.3 Å². The standard InChI is InChI=1S/C27H40N6O3/c1-5-7-18-32-25-24(26(35)30-27(32)36)33(19-20(3)4)22(29-25)14-15-23(34)28-16-11-17-31(6-2)21-12-9-8-10-13-21/h8-10,12-13,20H,5-7,11,14-19H2,1-4H3,(H,28,34)(H,30,35,36). The molecule has 3 aromatic rings. The van der Waals surface area contributed by atoms with Gasteiger partial charge in [-0.15, -0.1) is 0 Å². The fourth-order valence-corrected chi connectivity index (χ4v) is 4.41. The fraction of sp³-hybridized carbons (Fsp3) is 0.556. The monoisotopic (exact) mass is 496 g/mol. The lowest BCUT2D eigenvalue weighted by molar-refractivity contribution is -0.121. The lowest BCUT2D eigenvalue weighted by Crippen LogP contribution is -2.31. The van der Waals surface area contributed by atoms with E-state index in [9.17, 15) is 14.4 Å². The second-order valence-electron chi connectivity index (χ2n) is 9.59. The number of benzene rings is 1. The molecule has 0 saturated carbocycles. The van der Waals surface area contributed by atoms with E-state index in [1.165, 1.54) is 5.69 Å². The fourth-order valence-electron chi connectivity index (χ4n) is 4.41. The average Bonchev–Trinajstić information content (AvgIpc) is 3.21. The summed E-state index contributed by atoms with van der Waals surface area (Å²) in [5.74, 6) is 0.895. The summed E-state index contributed by atoms with van der Waals surface area (Å²) in [6.07, 6.45) is 3.26. The van der Waals surface area contributed by atoms with Crippen molar-refractivity contribution in [2.75, 3.05) is 24.5 Å². The maximum atomic E-state index is 12.7. The van der Waals surface area contributed by atoms with Gasteiger partial charge in [0.1, 0.15) is 5.82 Å². The number of carbonyl (C=O) groups excluding carboxylic acids is 1. The Bertz CT molecular complexity index is 1240. The number of para-hydroxylation sites is 1. The molecule has 9 heteroatoms. The summed E-state index contributed by atoms with van der Waals surface area (Å²) < 4.78 is 3.43. The van der Waals surface area contributed by atoms with Crippen LogP contribution in [0.5, 0.6) is 0 Å². The molecule has 1 amide bonds. The maximum Gasteiger partial charge on any atom is 0.330 e. The number of rotatable bonds is 14. The predicted octanol–water partition coefficient (Wildman–Crippen LogP) is 3.31. The van der Waals surface area contributed by atoms with Crippen molar-refractivity contribution in [3.8, 4) is 0 Å². The lowest BCUT2D eigenvalue weighted by Gasteiger charge is -2.23. The molecular weight excluding hydrogens is 456 g/mol. The van der Waals surface area contributed by atoms with Crippen LogP contribution in [0.1, 0.15) is 59.2 Å². The summed E-state index contributed by atoms with van der Waals surface area (Å²) in [7, 11) is 0. The number of nitrogens with zero attached hydrogens (tertiary/aromatic N) is 4. The van der Waals surface area contributed by atoms with E-state index in [2.05, 4.69) is 55.0 Å². The van der Waals surface area contributed by atoms with Crippen LogP contribution in [0.4, 0.5) is 5.69 Å². The van der Waals surface area contributed by atoms with Crippen LogP contribution in [0.25, 0.3) is 11.2 Å². The molecule has 0 aliphatic heterocycles. The van der Waals surface area contributed by atoms with Gasteiger partial charge in [0.2, 0.25) is 5.91 Å². The minimum Gasteiger partial charge on any atom is -0.372 e.